The molecule has 4 nitrogen and oxygen atoms in total. The number of hydrogen-bond acceptors (Lipinski definition) is 4. The van der Waals surface area contributed by atoms with Crippen LogP contribution in [0, 0.1) is 11.7 Å². The van der Waals surface area contributed by atoms with Gasteiger partial charge < -0.3 is 15.4 Å². The number of hydrogen-bond donors (Lipinski definition) is 1. The highest BCUT2D eigenvalue weighted by atomic mass is 19.1. The van der Waals surface area contributed by atoms with Crippen molar-refractivity contribution in [2.24, 2.45) is 11.7 Å². The molecular formula is C13H20FN3O. The minimum Gasteiger partial charge on any atom is -0.379 e. The lowest BCUT2D eigenvalue weighted by atomic mass is 10.2. The van der Waals surface area contributed by atoms with Crippen LogP contribution in [0.4, 0.5) is 10.2 Å². The Bertz CT molecular complexity index is 396. The third-order valence-electron chi connectivity index (χ3n) is 3.11. The molecule has 1 aromatic rings. The summed E-state index contributed by atoms with van der Waals surface area (Å²) in [5, 5.41) is 0. The van der Waals surface area contributed by atoms with Crippen molar-refractivity contribution < 1.29 is 9.13 Å². The maximum Gasteiger partial charge on any atom is 0.141 e. The summed E-state index contributed by atoms with van der Waals surface area (Å²) in [5.41, 5.74) is 6.32. The number of anilines is 1. The van der Waals surface area contributed by atoms with Gasteiger partial charge in [0.1, 0.15) is 11.6 Å². The first-order valence-corrected chi connectivity index (χ1v) is 6.34. The fraction of sp³-hybridized carbons (Fsp3) is 0.615. The van der Waals surface area contributed by atoms with Crippen LogP contribution < -0.4 is 10.6 Å². The van der Waals surface area contributed by atoms with Gasteiger partial charge >= 0.3 is 0 Å². The SMILES string of the molecule is CN(CCOCC1CC1)c1ncc(F)cc1CN. The first-order valence-electron chi connectivity index (χ1n) is 6.34. The average Bonchev–Trinajstić information content (AvgIpc) is 3.18. The molecule has 1 aromatic heterocycles. The van der Waals surface area contributed by atoms with Crippen LogP contribution in [0.1, 0.15) is 18.4 Å². The molecule has 1 fully saturated rings. The van der Waals surface area contributed by atoms with E-state index in [0.29, 0.717) is 6.61 Å². The van der Waals surface area contributed by atoms with E-state index in [-0.39, 0.29) is 12.4 Å². The molecule has 0 unspecified atom stereocenters. The van der Waals surface area contributed by atoms with Crippen molar-refractivity contribution in [1.29, 1.82) is 0 Å². The molecule has 1 aliphatic carbocycles. The Labute approximate surface area is 107 Å². The fourth-order valence-electron chi connectivity index (χ4n) is 1.81. The predicted molar refractivity (Wildman–Crippen MR) is 68.9 cm³/mol. The van der Waals surface area contributed by atoms with Crippen LogP contribution in [0.5, 0.6) is 0 Å². The monoisotopic (exact) mass is 253 g/mol. The summed E-state index contributed by atoms with van der Waals surface area (Å²) in [6.07, 6.45) is 3.81. The number of nitrogens with zero attached hydrogens (tertiary/aromatic N) is 2. The van der Waals surface area contributed by atoms with Gasteiger partial charge in [0.2, 0.25) is 0 Å². The Morgan fingerprint density at radius 3 is 3.00 bits per heavy atom. The largest absolute Gasteiger partial charge is 0.379 e. The highest BCUT2D eigenvalue weighted by molar-refractivity contribution is 5.46. The van der Waals surface area contributed by atoms with E-state index in [9.17, 15) is 4.39 Å². The molecule has 0 amide bonds. The minimum atomic E-state index is -0.349. The van der Waals surface area contributed by atoms with Gasteiger partial charge in [-0.05, 0) is 24.8 Å². The van der Waals surface area contributed by atoms with Gasteiger partial charge in [-0.15, -0.1) is 0 Å². The lowest BCUT2D eigenvalue weighted by Gasteiger charge is -2.20. The van der Waals surface area contributed by atoms with Crippen molar-refractivity contribution in [1.82, 2.24) is 4.98 Å². The number of ether oxygens (including phenoxy) is 1. The summed E-state index contributed by atoms with van der Waals surface area (Å²) >= 11 is 0. The van der Waals surface area contributed by atoms with E-state index in [4.69, 9.17) is 10.5 Å². The molecule has 18 heavy (non-hydrogen) atoms. The van der Waals surface area contributed by atoms with Gasteiger partial charge in [-0.2, -0.15) is 0 Å². The van der Waals surface area contributed by atoms with E-state index in [1.807, 2.05) is 11.9 Å². The highest BCUT2D eigenvalue weighted by Gasteiger charge is 2.21. The molecule has 100 valence electrons. The zero-order chi connectivity index (χ0) is 13.0. The van der Waals surface area contributed by atoms with Crippen molar-refractivity contribution in [2.75, 3.05) is 31.7 Å². The number of halogens is 1. The maximum absolute atomic E-state index is 13.0. The number of rotatable bonds is 7. The number of nitrogens with two attached hydrogens (primary N) is 1. The molecule has 0 aliphatic heterocycles. The molecule has 1 saturated carbocycles. The summed E-state index contributed by atoms with van der Waals surface area (Å²) < 4.78 is 18.6. The van der Waals surface area contributed by atoms with E-state index < -0.39 is 0 Å². The molecule has 0 aromatic carbocycles. The van der Waals surface area contributed by atoms with Gasteiger partial charge in [-0.25, -0.2) is 9.37 Å². The lowest BCUT2D eigenvalue weighted by Crippen LogP contribution is -2.25. The number of aromatic nitrogens is 1. The molecule has 0 bridgehead atoms. The van der Waals surface area contributed by atoms with Gasteiger partial charge in [0.25, 0.3) is 0 Å². The Kier molecular flexibility index (Phi) is 4.49. The molecule has 0 atom stereocenters. The minimum absolute atomic E-state index is 0.285. The van der Waals surface area contributed by atoms with Gasteiger partial charge in [0.05, 0.1) is 12.8 Å². The molecule has 5 heteroatoms. The summed E-state index contributed by atoms with van der Waals surface area (Å²) in [6, 6.07) is 1.43. The van der Waals surface area contributed by atoms with Crippen molar-refractivity contribution in [2.45, 2.75) is 19.4 Å². The van der Waals surface area contributed by atoms with Crippen molar-refractivity contribution in [3.63, 3.8) is 0 Å². The van der Waals surface area contributed by atoms with E-state index in [1.54, 1.807) is 0 Å². The van der Waals surface area contributed by atoms with Crippen LogP contribution in [0.2, 0.25) is 0 Å². The molecule has 0 saturated heterocycles. The van der Waals surface area contributed by atoms with E-state index in [1.165, 1.54) is 25.1 Å². The van der Waals surface area contributed by atoms with Crippen molar-refractivity contribution in [3.05, 3.63) is 23.6 Å². The smallest absolute Gasteiger partial charge is 0.141 e. The van der Waals surface area contributed by atoms with Gasteiger partial charge in [-0.3, -0.25) is 0 Å². The Hall–Kier alpha value is -1.20. The van der Waals surface area contributed by atoms with E-state index >= 15 is 0 Å². The standard InChI is InChI=1S/C13H20FN3O/c1-17(4-5-18-9-10-2-3-10)13-11(7-15)6-12(14)8-16-13/h6,8,10H,2-5,7,9,15H2,1H3. The number of likely N-dealkylation sites (N-methyl/N-ethyl adjacent to an activating group) is 1. The summed E-state index contributed by atoms with van der Waals surface area (Å²) in [5.74, 6) is 1.16. The quantitative estimate of drug-likeness (QED) is 0.749. The zero-order valence-corrected chi connectivity index (χ0v) is 10.7. The molecule has 1 heterocycles. The Balaban J connectivity index is 1.84. The lowest BCUT2D eigenvalue weighted by molar-refractivity contribution is 0.130. The Morgan fingerprint density at radius 2 is 2.33 bits per heavy atom. The fourth-order valence-corrected chi connectivity index (χ4v) is 1.81. The van der Waals surface area contributed by atoms with Crippen molar-refractivity contribution in [3.8, 4) is 0 Å². The molecule has 0 radical (unpaired) electrons. The summed E-state index contributed by atoms with van der Waals surface area (Å²) in [4.78, 5) is 6.04. The summed E-state index contributed by atoms with van der Waals surface area (Å²) in [7, 11) is 1.92. The van der Waals surface area contributed by atoms with Crippen LogP contribution in [-0.4, -0.2) is 31.8 Å². The second-order valence-electron chi connectivity index (χ2n) is 4.78. The van der Waals surface area contributed by atoms with Crippen LogP contribution in [0.25, 0.3) is 0 Å². The van der Waals surface area contributed by atoms with Crippen LogP contribution >= 0.6 is 0 Å². The van der Waals surface area contributed by atoms with E-state index in [2.05, 4.69) is 4.98 Å². The molecule has 1 aliphatic rings. The van der Waals surface area contributed by atoms with E-state index in [0.717, 1.165) is 30.5 Å². The van der Waals surface area contributed by atoms with Crippen molar-refractivity contribution >= 4 is 5.82 Å². The zero-order valence-electron chi connectivity index (χ0n) is 10.7. The van der Waals surface area contributed by atoms with Crippen LogP contribution in [0.3, 0.4) is 0 Å². The first kappa shape index (κ1) is 13.2. The third kappa shape index (κ3) is 3.65. The molecular weight excluding hydrogens is 233 g/mol. The van der Waals surface area contributed by atoms with Crippen LogP contribution in [0.15, 0.2) is 12.3 Å². The maximum atomic E-state index is 13.0. The molecule has 0 spiro atoms. The van der Waals surface area contributed by atoms with Crippen LogP contribution in [-0.2, 0) is 11.3 Å². The predicted octanol–water partition coefficient (Wildman–Crippen LogP) is 1.54. The normalized spacial score (nSPS) is 14.8. The topological polar surface area (TPSA) is 51.4 Å². The molecule has 2 rings (SSSR count). The second-order valence-corrected chi connectivity index (χ2v) is 4.78. The first-order chi connectivity index (χ1) is 8.70. The van der Waals surface area contributed by atoms with Gasteiger partial charge in [0, 0.05) is 32.3 Å². The number of pyridine rings is 1. The highest BCUT2D eigenvalue weighted by Crippen LogP contribution is 2.28. The summed E-state index contributed by atoms with van der Waals surface area (Å²) in [6.45, 7) is 2.54. The molecule has 2 N–H and O–H groups in total. The Morgan fingerprint density at radius 1 is 1.56 bits per heavy atom. The second kappa shape index (κ2) is 6.11. The third-order valence-corrected chi connectivity index (χ3v) is 3.11. The average molecular weight is 253 g/mol. The van der Waals surface area contributed by atoms with Gasteiger partial charge in [-0.1, -0.05) is 0 Å². The van der Waals surface area contributed by atoms with Gasteiger partial charge in [0.15, 0.2) is 0 Å².